The first-order valence-corrected chi connectivity index (χ1v) is 9.06. The highest BCUT2D eigenvalue weighted by molar-refractivity contribution is 5.92. The second-order valence-corrected chi connectivity index (χ2v) is 5.97. The molecule has 0 saturated carbocycles. The Balaban J connectivity index is 3.23. The van der Waals surface area contributed by atoms with Gasteiger partial charge in [-0.15, -0.1) is 0 Å². The van der Waals surface area contributed by atoms with Crippen LogP contribution >= 0.6 is 0 Å². The minimum absolute atomic E-state index is 0.0454. The van der Waals surface area contributed by atoms with E-state index in [1.807, 2.05) is 7.05 Å². The first kappa shape index (κ1) is 22.1. The zero-order chi connectivity index (χ0) is 18.0. The summed E-state index contributed by atoms with van der Waals surface area (Å²) in [5, 5.41) is 6.23. The van der Waals surface area contributed by atoms with E-state index in [2.05, 4.69) is 27.2 Å². The summed E-state index contributed by atoms with van der Waals surface area (Å²) in [5.41, 5.74) is 16.0. The Morgan fingerprint density at radius 2 is 1.33 bits per heavy atom. The molecule has 0 aliphatic rings. The summed E-state index contributed by atoms with van der Waals surface area (Å²) in [6.07, 6.45) is 12.6. The average molecular weight is 340 g/mol. The van der Waals surface area contributed by atoms with Crippen LogP contribution in [0.2, 0.25) is 0 Å². The highest BCUT2D eigenvalue weighted by Gasteiger charge is 1.94. The van der Waals surface area contributed by atoms with E-state index in [1.165, 1.54) is 57.8 Å². The van der Waals surface area contributed by atoms with Gasteiger partial charge in [0.2, 0.25) is 5.96 Å². The highest BCUT2D eigenvalue weighted by Crippen LogP contribution is 2.10. The molecule has 0 fully saturated rings. The molecule has 0 aromatic carbocycles. The van der Waals surface area contributed by atoms with Crippen molar-refractivity contribution in [1.82, 2.24) is 10.6 Å². The zero-order valence-corrected chi connectivity index (χ0v) is 15.3. The average Bonchev–Trinajstić information content (AvgIpc) is 2.54. The van der Waals surface area contributed by atoms with Crippen LogP contribution in [0.3, 0.4) is 0 Å². The molecule has 0 aliphatic heterocycles. The molecule has 0 spiro atoms. The van der Waals surface area contributed by atoms with Crippen LogP contribution in [0.4, 0.5) is 0 Å². The van der Waals surface area contributed by atoms with Gasteiger partial charge < -0.3 is 27.8 Å². The molecule has 0 atom stereocenters. The van der Waals surface area contributed by atoms with E-state index in [9.17, 15) is 0 Å². The van der Waals surface area contributed by atoms with Gasteiger partial charge in [0, 0.05) is 20.1 Å². The SMILES string of the molecule is C=C(NC)NCCCCCCCCCCCCN=C(N)N=C(N)N. The Bertz CT molecular complexity index is 373. The number of rotatable bonds is 15. The van der Waals surface area contributed by atoms with E-state index in [0.29, 0.717) is 6.54 Å². The molecule has 0 aromatic rings. The van der Waals surface area contributed by atoms with Crippen molar-refractivity contribution in [3.63, 3.8) is 0 Å². The standard InChI is InChI=1S/C17H37N7/c1-15(21-2)22-13-11-9-7-5-3-4-6-8-10-12-14-23-17(20)24-16(18)19/h21-22H,1,3-14H2,2H3,(H6,18,19,20,23,24). The monoisotopic (exact) mass is 339 g/mol. The summed E-state index contributed by atoms with van der Waals surface area (Å²) in [6.45, 7) is 5.54. The summed E-state index contributed by atoms with van der Waals surface area (Å²) in [7, 11) is 1.88. The number of nitrogens with zero attached hydrogens (tertiary/aromatic N) is 2. The van der Waals surface area contributed by atoms with Gasteiger partial charge in [0.05, 0.1) is 5.82 Å². The molecule has 7 heteroatoms. The molecule has 0 aromatic heterocycles. The number of aliphatic imine (C=N–C) groups is 2. The van der Waals surface area contributed by atoms with Gasteiger partial charge in [-0.25, -0.2) is 0 Å². The number of nitrogens with one attached hydrogen (secondary N) is 2. The molecule has 0 saturated heterocycles. The molecule has 140 valence electrons. The normalized spacial score (nSPS) is 11.1. The minimum Gasteiger partial charge on any atom is -0.375 e. The van der Waals surface area contributed by atoms with E-state index in [4.69, 9.17) is 17.2 Å². The van der Waals surface area contributed by atoms with E-state index in [1.54, 1.807) is 0 Å². The van der Waals surface area contributed by atoms with E-state index in [-0.39, 0.29) is 11.9 Å². The van der Waals surface area contributed by atoms with Gasteiger partial charge in [-0.05, 0) is 12.8 Å². The number of nitrogens with two attached hydrogens (primary N) is 3. The van der Waals surface area contributed by atoms with Crippen molar-refractivity contribution >= 4 is 11.9 Å². The van der Waals surface area contributed by atoms with Crippen LogP contribution in [0.1, 0.15) is 64.2 Å². The van der Waals surface area contributed by atoms with Crippen LogP contribution in [-0.4, -0.2) is 32.1 Å². The number of guanidine groups is 2. The molecule has 0 unspecified atom stereocenters. The van der Waals surface area contributed by atoms with Gasteiger partial charge in [-0.3, -0.25) is 4.99 Å². The molecule has 0 aliphatic carbocycles. The fraction of sp³-hybridized carbons (Fsp3) is 0.765. The number of unbranched alkanes of at least 4 members (excludes halogenated alkanes) is 9. The summed E-state index contributed by atoms with van der Waals surface area (Å²) in [6, 6.07) is 0. The van der Waals surface area contributed by atoms with Gasteiger partial charge in [-0.2, -0.15) is 4.99 Å². The molecule has 7 nitrogen and oxygen atoms in total. The van der Waals surface area contributed by atoms with Crippen LogP contribution in [-0.2, 0) is 0 Å². The summed E-state index contributed by atoms with van der Waals surface area (Å²) in [5.74, 6) is 1.02. The second kappa shape index (κ2) is 16.0. The van der Waals surface area contributed by atoms with Gasteiger partial charge >= 0.3 is 0 Å². The number of hydrogen-bond donors (Lipinski definition) is 5. The van der Waals surface area contributed by atoms with Crippen LogP contribution < -0.4 is 27.8 Å². The lowest BCUT2D eigenvalue weighted by atomic mass is 10.1. The van der Waals surface area contributed by atoms with Crippen molar-refractivity contribution in [3.05, 3.63) is 12.4 Å². The molecule has 0 radical (unpaired) electrons. The first-order chi connectivity index (χ1) is 11.6. The van der Waals surface area contributed by atoms with Crippen LogP contribution in [0, 0.1) is 0 Å². The van der Waals surface area contributed by atoms with Crippen molar-refractivity contribution in [3.8, 4) is 0 Å². The molecule has 0 heterocycles. The van der Waals surface area contributed by atoms with E-state index in [0.717, 1.165) is 18.8 Å². The fourth-order valence-electron chi connectivity index (χ4n) is 2.34. The summed E-state index contributed by atoms with van der Waals surface area (Å²) >= 11 is 0. The summed E-state index contributed by atoms with van der Waals surface area (Å²) < 4.78 is 0. The lowest BCUT2D eigenvalue weighted by molar-refractivity contribution is 0.547. The van der Waals surface area contributed by atoms with Crippen molar-refractivity contribution < 1.29 is 0 Å². The fourth-order valence-corrected chi connectivity index (χ4v) is 2.34. The minimum atomic E-state index is -0.0454. The van der Waals surface area contributed by atoms with Crippen LogP contribution in [0.15, 0.2) is 22.4 Å². The molecule has 0 amide bonds. The lowest BCUT2D eigenvalue weighted by Crippen LogP contribution is -2.26. The second-order valence-electron chi connectivity index (χ2n) is 5.97. The zero-order valence-electron chi connectivity index (χ0n) is 15.3. The predicted octanol–water partition coefficient (Wildman–Crippen LogP) is 1.76. The molecular formula is C17H37N7. The van der Waals surface area contributed by atoms with Gasteiger partial charge in [0.25, 0.3) is 0 Å². The Morgan fingerprint density at radius 1 is 0.833 bits per heavy atom. The van der Waals surface area contributed by atoms with Crippen molar-refractivity contribution in [2.45, 2.75) is 64.2 Å². The van der Waals surface area contributed by atoms with Gasteiger partial charge in [-0.1, -0.05) is 57.9 Å². The van der Waals surface area contributed by atoms with E-state index >= 15 is 0 Å². The lowest BCUT2D eigenvalue weighted by Gasteiger charge is -2.08. The first-order valence-electron chi connectivity index (χ1n) is 9.06. The molecule has 0 rings (SSSR count). The third-order valence-electron chi connectivity index (χ3n) is 3.74. The Hall–Kier alpha value is -1.92. The third kappa shape index (κ3) is 16.5. The largest absolute Gasteiger partial charge is 0.375 e. The summed E-state index contributed by atoms with van der Waals surface area (Å²) in [4.78, 5) is 7.77. The topological polar surface area (TPSA) is 127 Å². The van der Waals surface area contributed by atoms with Crippen LogP contribution in [0.25, 0.3) is 0 Å². The van der Waals surface area contributed by atoms with Crippen molar-refractivity contribution in [2.24, 2.45) is 27.2 Å². The quantitative estimate of drug-likeness (QED) is 0.176. The molecule has 24 heavy (non-hydrogen) atoms. The van der Waals surface area contributed by atoms with Gasteiger partial charge in [0.1, 0.15) is 0 Å². The maximum Gasteiger partial charge on any atom is 0.218 e. The highest BCUT2D eigenvalue weighted by atomic mass is 15.1. The van der Waals surface area contributed by atoms with Crippen LogP contribution in [0.5, 0.6) is 0 Å². The van der Waals surface area contributed by atoms with Crippen molar-refractivity contribution in [2.75, 3.05) is 20.1 Å². The Morgan fingerprint density at radius 3 is 1.83 bits per heavy atom. The Labute approximate surface area is 147 Å². The maximum atomic E-state index is 5.53. The molecule has 8 N–H and O–H groups in total. The Kier molecular flexibility index (Phi) is 14.7. The smallest absolute Gasteiger partial charge is 0.218 e. The molecular weight excluding hydrogens is 302 g/mol. The third-order valence-corrected chi connectivity index (χ3v) is 3.74. The number of hydrogen-bond acceptors (Lipinski definition) is 3. The predicted molar refractivity (Wildman–Crippen MR) is 105 cm³/mol. The van der Waals surface area contributed by atoms with E-state index < -0.39 is 0 Å². The maximum absolute atomic E-state index is 5.53. The molecule has 0 bridgehead atoms. The van der Waals surface area contributed by atoms with Gasteiger partial charge in [0.15, 0.2) is 5.96 Å². The van der Waals surface area contributed by atoms with Crippen molar-refractivity contribution in [1.29, 1.82) is 0 Å².